The fourth-order valence-electron chi connectivity index (χ4n) is 3.56. The van der Waals surface area contributed by atoms with Crippen molar-refractivity contribution >= 4 is 22.3 Å². The molecule has 0 aliphatic heterocycles. The van der Waals surface area contributed by atoms with Gasteiger partial charge in [0.05, 0.1) is 16.6 Å². The van der Waals surface area contributed by atoms with Gasteiger partial charge in [0, 0.05) is 16.9 Å². The molecule has 0 aliphatic rings. The molecule has 156 valence electrons. The van der Waals surface area contributed by atoms with E-state index in [1.54, 1.807) is 34.9 Å². The summed E-state index contributed by atoms with van der Waals surface area (Å²) in [6.07, 6.45) is 0. The summed E-state index contributed by atoms with van der Waals surface area (Å²) >= 11 is 0. The van der Waals surface area contributed by atoms with Crippen LogP contribution in [0.2, 0.25) is 0 Å². The van der Waals surface area contributed by atoms with Crippen molar-refractivity contribution in [2.45, 2.75) is 0 Å². The number of aromatic nitrogens is 2. The van der Waals surface area contributed by atoms with Gasteiger partial charge in [-0.3, -0.25) is 9.36 Å². The third kappa shape index (κ3) is 3.65. The third-order valence-electron chi connectivity index (χ3n) is 5.13. The summed E-state index contributed by atoms with van der Waals surface area (Å²) in [6, 6.07) is 29.3. The highest BCUT2D eigenvalue weighted by Crippen LogP contribution is 2.27. The van der Waals surface area contributed by atoms with Gasteiger partial charge in [0.1, 0.15) is 17.3 Å². The monoisotopic (exact) mass is 420 g/mol. The molecule has 0 atom stereocenters. The number of nitrogens with two attached hydrogens (primary N) is 2. The van der Waals surface area contributed by atoms with Crippen LogP contribution in [0.1, 0.15) is 0 Å². The molecular weight excluding hydrogens is 400 g/mol. The normalized spacial score (nSPS) is 10.9. The molecule has 4 N–H and O–H groups in total. The molecule has 0 saturated heterocycles. The highest BCUT2D eigenvalue weighted by molar-refractivity contribution is 5.83. The van der Waals surface area contributed by atoms with E-state index in [2.05, 4.69) is 0 Å². The first-order valence-corrected chi connectivity index (χ1v) is 10.1. The maximum Gasteiger partial charge on any atom is 0.266 e. The minimum absolute atomic E-state index is 0.175. The summed E-state index contributed by atoms with van der Waals surface area (Å²) in [6.45, 7) is 0. The lowest BCUT2D eigenvalue weighted by atomic mass is 10.1. The topological polar surface area (TPSA) is 96.2 Å². The van der Waals surface area contributed by atoms with Crippen molar-refractivity contribution in [3.05, 3.63) is 107 Å². The summed E-state index contributed by atoms with van der Waals surface area (Å²) in [4.78, 5) is 18.2. The summed E-state index contributed by atoms with van der Waals surface area (Å²) in [5.41, 5.74) is 14.8. The van der Waals surface area contributed by atoms with Crippen LogP contribution >= 0.6 is 0 Å². The minimum Gasteiger partial charge on any atom is -0.457 e. The first-order chi connectivity index (χ1) is 15.6. The molecule has 0 fully saturated rings. The zero-order valence-electron chi connectivity index (χ0n) is 17.1. The predicted molar refractivity (Wildman–Crippen MR) is 128 cm³/mol. The molecule has 5 aromatic rings. The Hall–Kier alpha value is -4.58. The summed E-state index contributed by atoms with van der Waals surface area (Å²) in [7, 11) is 0. The van der Waals surface area contributed by atoms with Crippen molar-refractivity contribution in [3.63, 3.8) is 0 Å². The van der Waals surface area contributed by atoms with E-state index in [-0.39, 0.29) is 5.56 Å². The maximum atomic E-state index is 13.4. The molecule has 0 bridgehead atoms. The third-order valence-corrected chi connectivity index (χ3v) is 5.13. The second-order valence-corrected chi connectivity index (χ2v) is 7.38. The average molecular weight is 420 g/mol. The summed E-state index contributed by atoms with van der Waals surface area (Å²) in [5.74, 6) is 1.90. The lowest BCUT2D eigenvalue weighted by Crippen LogP contribution is -2.22. The molecular formula is C26H20N4O2. The minimum atomic E-state index is -0.175. The Morgan fingerprint density at radius 3 is 2.03 bits per heavy atom. The average Bonchev–Trinajstić information content (AvgIpc) is 2.82. The van der Waals surface area contributed by atoms with Crippen molar-refractivity contribution in [1.29, 1.82) is 0 Å². The van der Waals surface area contributed by atoms with Crippen LogP contribution in [0.5, 0.6) is 11.5 Å². The zero-order valence-corrected chi connectivity index (χ0v) is 17.1. The van der Waals surface area contributed by atoms with Gasteiger partial charge in [0.25, 0.3) is 5.56 Å². The quantitative estimate of drug-likeness (QED) is 0.399. The van der Waals surface area contributed by atoms with Gasteiger partial charge >= 0.3 is 0 Å². The van der Waals surface area contributed by atoms with Gasteiger partial charge in [-0.05, 0) is 78.9 Å². The van der Waals surface area contributed by atoms with Gasteiger partial charge in [0.2, 0.25) is 0 Å². The van der Waals surface area contributed by atoms with Crippen molar-refractivity contribution in [3.8, 4) is 28.6 Å². The number of hydrogen-bond donors (Lipinski definition) is 2. The Kier molecular flexibility index (Phi) is 4.80. The van der Waals surface area contributed by atoms with Crippen LogP contribution in [0.15, 0.2) is 102 Å². The zero-order chi connectivity index (χ0) is 22.1. The van der Waals surface area contributed by atoms with Crippen LogP contribution in [-0.4, -0.2) is 9.55 Å². The van der Waals surface area contributed by atoms with Gasteiger partial charge < -0.3 is 16.2 Å². The van der Waals surface area contributed by atoms with E-state index in [1.807, 2.05) is 66.7 Å². The van der Waals surface area contributed by atoms with Crippen LogP contribution in [-0.2, 0) is 0 Å². The molecule has 0 spiro atoms. The van der Waals surface area contributed by atoms with Gasteiger partial charge in [-0.1, -0.05) is 18.2 Å². The highest BCUT2D eigenvalue weighted by Gasteiger charge is 2.15. The first-order valence-electron chi connectivity index (χ1n) is 10.1. The molecule has 0 saturated carbocycles. The number of benzene rings is 4. The number of ether oxygens (including phenoxy) is 1. The number of fused-ring (bicyclic) bond motifs is 1. The van der Waals surface area contributed by atoms with E-state index in [1.165, 1.54) is 0 Å². The largest absolute Gasteiger partial charge is 0.457 e. The Bertz CT molecular complexity index is 1460. The number of anilines is 2. The number of para-hydroxylation sites is 1. The van der Waals surface area contributed by atoms with Gasteiger partial charge in [-0.2, -0.15) is 0 Å². The molecule has 0 amide bonds. The maximum absolute atomic E-state index is 13.4. The Morgan fingerprint density at radius 1 is 0.719 bits per heavy atom. The first kappa shape index (κ1) is 19.4. The van der Waals surface area contributed by atoms with Gasteiger partial charge in [-0.15, -0.1) is 0 Å². The Labute approximate surface area is 184 Å². The Morgan fingerprint density at radius 2 is 1.34 bits per heavy atom. The SMILES string of the molecule is Nc1ccc(Oc2ccc(-c3nc4ccc(N)cc4c(=O)n3-c3ccccc3)cc2)cc1. The summed E-state index contributed by atoms with van der Waals surface area (Å²) < 4.78 is 7.50. The fourth-order valence-corrected chi connectivity index (χ4v) is 3.56. The van der Waals surface area contributed by atoms with E-state index >= 15 is 0 Å². The van der Waals surface area contributed by atoms with Crippen molar-refractivity contribution in [2.75, 3.05) is 11.5 Å². The van der Waals surface area contributed by atoms with E-state index in [9.17, 15) is 4.79 Å². The molecule has 6 heteroatoms. The van der Waals surface area contributed by atoms with Gasteiger partial charge in [0.15, 0.2) is 0 Å². The molecule has 5 rings (SSSR count). The lowest BCUT2D eigenvalue weighted by molar-refractivity contribution is 0.483. The van der Waals surface area contributed by atoms with Crippen molar-refractivity contribution < 1.29 is 4.74 Å². The van der Waals surface area contributed by atoms with E-state index in [0.717, 1.165) is 11.3 Å². The molecule has 0 radical (unpaired) electrons. The van der Waals surface area contributed by atoms with E-state index < -0.39 is 0 Å². The number of nitrogens with zero attached hydrogens (tertiary/aromatic N) is 2. The van der Waals surface area contributed by atoms with Crippen LogP contribution in [0.25, 0.3) is 28.0 Å². The predicted octanol–water partition coefficient (Wildman–Crippen LogP) is 5.01. The molecule has 1 aromatic heterocycles. The van der Waals surface area contributed by atoms with Crippen molar-refractivity contribution in [1.82, 2.24) is 9.55 Å². The van der Waals surface area contributed by atoms with Gasteiger partial charge in [-0.25, -0.2) is 4.98 Å². The summed E-state index contributed by atoms with van der Waals surface area (Å²) in [5, 5.41) is 0.473. The van der Waals surface area contributed by atoms with E-state index in [4.69, 9.17) is 21.2 Å². The lowest BCUT2D eigenvalue weighted by Gasteiger charge is -2.14. The highest BCUT2D eigenvalue weighted by atomic mass is 16.5. The van der Waals surface area contributed by atoms with Crippen LogP contribution in [0, 0.1) is 0 Å². The molecule has 0 aliphatic carbocycles. The molecule has 4 aromatic carbocycles. The number of rotatable bonds is 4. The molecule has 1 heterocycles. The van der Waals surface area contributed by atoms with Crippen molar-refractivity contribution in [2.24, 2.45) is 0 Å². The fraction of sp³-hybridized carbons (Fsp3) is 0. The molecule has 6 nitrogen and oxygen atoms in total. The number of hydrogen-bond acceptors (Lipinski definition) is 5. The van der Waals surface area contributed by atoms with Crippen LogP contribution in [0.3, 0.4) is 0 Å². The number of nitrogen functional groups attached to an aromatic ring is 2. The standard InChI is InChI=1S/C26H20N4O2/c27-18-8-13-22(14-9-18)32-21-11-6-17(7-12-21)25-29-24-15-10-19(28)16-23(24)26(31)30(25)20-4-2-1-3-5-20/h1-16H,27-28H2. The van der Waals surface area contributed by atoms with E-state index in [0.29, 0.717) is 39.6 Å². The smallest absolute Gasteiger partial charge is 0.266 e. The second kappa shape index (κ2) is 7.92. The Balaban J connectivity index is 1.62. The van der Waals surface area contributed by atoms with Crippen LogP contribution in [0.4, 0.5) is 11.4 Å². The molecule has 32 heavy (non-hydrogen) atoms. The molecule has 0 unspecified atom stereocenters. The second-order valence-electron chi connectivity index (χ2n) is 7.38. The van der Waals surface area contributed by atoms with Crippen LogP contribution < -0.4 is 21.8 Å².